The molecule has 75 heavy (non-hydrogen) atoms. The van der Waals surface area contributed by atoms with E-state index >= 15 is 0 Å². The van der Waals surface area contributed by atoms with E-state index in [0.717, 1.165) is 34.7 Å². The number of aromatic hydroxyl groups is 2. The Labute approximate surface area is 465 Å². The molecule has 6 aromatic carbocycles. The van der Waals surface area contributed by atoms with Crippen molar-refractivity contribution >= 4 is 74.3 Å². The van der Waals surface area contributed by atoms with Crippen molar-refractivity contribution in [3.8, 4) is 23.0 Å². The van der Waals surface area contributed by atoms with Crippen LogP contribution in [0, 0.1) is 46.5 Å². The molecule has 0 aliphatic rings. The van der Waals surface area contributed by atoms with Gasteiger partial charge in [0, 0.05) is 55.5 Å². The zero-order valence-electron chi connectivity index (χ0n) is 41.9. The molecule has 6 nitrogen and oxygen atoms in total. The van der Waals surface area contributed by atoms with Crippen LogP contribution < -0.4 is 9.47 Å². The van der Waals surface area contributed by atoms with Gasteiger partial charge >= 0.3 is 35.6 Å². The summed E-state index contributed by atoms with van der Waals surface area (Å²) in [5, 5.41) is 21.8. The van der Waals surface area contributed by atoms with Crippen LogP contribution in [0.25, 0.3) is 0 Å². The molecule has 0 amide bonds. The Morgan fingerprint density at radius 3 is 1.08 bits per heavy atom. The van der Waals surface area contributed by atoms with E-state index in [-0.39, 0.29) is 58.5 Å². The Morgan fingerprint density at radius 1 is 0.547 bits per heavy atom. The van der Waals surface area contributed by atoms with Crippen LogP contribution in [0.15, 0.2) is 117 Å². The van der Waals surface area contributed by atoms with Crippen LogP contribution in [0.5, 0.6) is 23.0 Å². The number of halogens is 12. The van der Waals surface area contributed by atoms with Gasteiger partial charge in [0.15, 0.2) is 34.8 Å². The fourth-order valence-electron chi connectivity index (χ4n) is 7.28. The van der Waals surface area contributed by atoms with Crippen molar-refractivity contribution in [2.24, 2.45) is 9.98 Å². The molecular weight excluding hydrogens is 1200 g/mol. The zero-order chi connectivity index (χ0) is 56.3. The average molecular weight is 1250 g/mol. The van der Waals surface area contributed by atoms with Gasteiger partial charge in [-0.25, -0.2) is 27.5 Å². The van der Waals surface area contributed by atoms with Crippen LogP contribution in [0.4, 0.5) is 46.5 Å². The Hall–Kier alpha value is -4.97. The molecule has 0 aliphatic heterocycles. The molecule has 2 N–H and O–H groups in total. The quantitative estimate of drug-likeness (QED) is 0.0374. The summed E-state index contributed by atoms with van der Waals surface area (Å²) >= 11 is 6.19. The maximum absolute atomic E-state index is 14.5. The summed E-state index contributed by atoms with van der Waals surface area (Å²) in [6.45, 7) is 22.4. The fraction of sp³-hybridized carbons (Fsp3) is 0.250. The Morgan fingerprint density at radius 2 is 0.827 bits per heavy atom. The third-order valence-electron chi connectivity index (χ3n) is 11.5. The van der Waals surface area contributed by atoms with Crippen molar-refractivity contribution in [3.63, 3.8) is 0 Å². The van der Waals surface area contributed by atoms with Gasteiger partial charge in [-0.15, -0.1) is 0 Å². The van der Waals surface area contributed by atoms with Gasteiger partial charge in [0.25, 0.3) is 0 Å². The molecule has 0 bridgehead atoms. The predicted octanol–water partition coefficient (Wildman–Crippen LogP) is 18.3. The van der Waals surface area contributed by atoms with Crippen LogP contribution in [-0.4, -0.2) is 35.9 Å². The number of hydrogen-bond acceptors (Lipinski definition) is 6. The van der Waals surface area contributed by atoms with Crippen LogP contribution in [0.1, 0.15) is 112 Å². The molecule has 2 unspecified atom stereocenters. The number of phenols is 2. The van der Waals surface area contributed by atoms with Crippen LogP contribution >= 0.6 is 50.5 Å². The molecule has 0 radical (unpaired) electrons. The van der Waals surface area contributed by atoms with Crippen molar-refractivity contribution in [3.05, 3.63) is 198 Å². The molecule has 0 aromatic heterocycles. The van der Waals surface area contributed by atoms with Gasteiger partial charge in [-0.1, -0.05) is 161 Å². The third-order valence-corrected chi connectivity index (χ3v) is 12.4. The van der Waals surface area contributed by atoms with E-state index in [1.807, 2.05) is 62.4 Å². The normalized spacial score (nSPS) is 12.4. The third kappa shape index (κ3) is 15.6. The summed E-state index contributed by atoms with van der Waals surface area (Å²) in [6.07, 6.45) is 4.25. The second-order valence-electron chi connectivity index (χ2n) is 18.7. The van der Waals surface area contributed by atoms with Crippen LogP contribution in [0.2, 0.25) is 0 Å². The van der Waals surface area contributed by atoms with E-state index in [9.17, 15) is 45.3 Å². The van der Waals surface area contributed by atoms with Crippen molar-refractivity contribution in [2.45, 2.75) is 78.1 Å². The summed E-state index contributed by atoms with van der Waals surface area (Å²) in [4.78, 5) is 7.24. The zero-order valence-corrected chi connectivity index (χ0v) is 48.1. The average Bonchev–Trinajstić information content (AvgIpc) is 3.36. The minimum absolute atomic E-state index is 0.0111. The first kappa shape index (κ1) is 62.6. The summed E-state index contributed by atoms with van der Waals surface area (Å²) in [6, 6.07) is 22.4. The van der Waals surface area contributed by atoms with Gasteiger partial charge in [0.1, 0.15) is 36.1 Å². The number of ether oxygens (including phenoxy) is 2. The Balaban J connectivity index is 0.000000308. The minimum atomic E-state index is -1.72. The first-order valence-corrected chi connectivity index (χ1v) is 28.5. The number of phenolic OH excluding ortho intramolecular Hbond substituents is 2. The van der Waals surface area contributed by atoms with Crippen molar-refractivity contribution in [2.75, 3.05) is 13.2 Å². The summed E-state index contributed by atoms with van der Waals surface area (Å²) < 4.78 is 126. The summed E-state index contributed by atoms with van der Waals surface area (Å²) in [5.74, 6) is -16.9. The molecule has 0 heterocycles. The molecule has 6 aromatic rings. The van der Waals surface area contributed by atoms with Crippen molar-refractivity contribution < 1.29 is 71.8 Å². The standard InChI is InChI=1S/2C28H26BrF4NO2.2ClH.Ti/c2*1-6-11-36-27-23(32)21(30)25(22(31)24(27)33)34-14-17-12-19(29)13-20(26(17)35)15(2)16-7-9-18(10-8-16)28(3,4)5;;;/h2*6-10,12-15,35H,1,11H2,2-5H3;2*1H;/q;;;;+2/p-2. The molecule has 0 aliphatic carbocycles. The number of hydrogen-bond donors (Lipinski definition) is 2. The van der Waals surface area contributed by atoms with Gasteiger partial charge in [-0.3, -0.25) is 0 Å². The summed E-state index contributed by atoms with van der Waals surface area (Å²) in [7, 11) is 9.78. The van der Waals surface area contributed by atoms with E-state index < -0.39 is 86.4 Å². The second kappa shape index (κ2) is 27.4. The summed E-state index contributed by atoms with van der Waals surface area (Å²) in [5.41, 5.74) is 3.08. The number of benzene rings is 6. The molecule has 19 heteroatoms. The topological polar surface area (TPSA) is 83.6 Å². The van der Waals surface area contributed by atoms with E-state index in [2.05, 4.69) is 96.5 Å². The second-order valence-corrected chi connectivity index (χ2v) is 23.1. The molecule has 2 atom stereocenters. The van der Waals surface area contributed by atoms with Crippen LogP contribution in [0.3, 0.4) is 0 Å². The molecule has 0 fully saturated rings. The molecule has 6 rings (SSSR count). The van der Waals surface area contributed by atoms with Crippen molar-refractivity contribution in [1.29, 1.82) is 0 Å². The molecule has 0 spiro atoms. The monoisotopic (exact) mass is 1240 g/mol. The Bertz CT molecular complexity index is 2820. The van der Waals surface area contributed by atoms with Gasteiger partial charge < -0.3 is 19.7 Å². The molecule has 0 saturated carbocycles. The maximum atomic E-state index is 14.5. The molecular formula is C56H52Br2Cl2F8N2O4Ti. The van der Waals surface area contributed by atoms with E-state index in [4.69, 9.17) is 28.1 Å². The molecule has 398 valence electrons. The molecule has 0 saturated heterocycles. The SMILES string of the molecule is C=CCOc1c(F)c(F)c(N=Cc2cc(Br)cc(C(C)c3ccc(C(C)(C)C)cc3)c2O)c(F)c1F.C=CCOc1c(F)c(F)c(N=Cc2cc(Br)cc(C(C)c3ccc(C(C)(C)C)cc3)c2O)c(F)c1F.[Cl][Ti][Cl]. The van der Waals surface area contributed by atoms with E-state index in [0.29, 0.717) is 20.1 Å². The first-order valence-electron chi connectivity index (χ1n) is 22.6. The van der Waals surface area contributed by atoms with Gasteiger partial charge in [-0.05, 0) is 57.3 Å². The first-order chi connectivity index (χ1) is 35.1. The van der Waals surface area contributed by atoms with E-state index in [1.165, 1.54) is 24.3 Å². The fourth-order valence-corrected chi connectivity index (χ4v) is 8.26. The number of aliphatic imine (C=N–C) groups is 2. The van der Waals surface area contributed by atoms with Gasteiger partial charge in [0.05, 0.1) is 0 Å². The van der Waals surface area contributed by atoms with Gasteiger partial charge in [0.2, 0.25) is 23.3 Å². The predicted molar refractivity (Wildman–Crippen MR) is 287 cm³/mol. The van der Waals surface area contributed by atoms with E-state index in [1.54, 1.807) is 12.1 Å². The van der Waals surface area contributed by atoms with Gasteiger partial charge in [-0.2, -0.15) is 17.6 Å². The number of nitrogens with zero attached hydrogens (tertiary/aromatic N) is 2. The van der Waals surface area contributed by atoms with Crippen molar-refractivity contribution in [1.82, 2.24) is 0 Å². The van der Waals surface area contributed by atoms with Crippen LogP contribution in [-0.2, 0) is 27.9 Å². The number of rotatable bonds is 14. The Kier molecular flexibility index (Phi) is 22.8.